The number of allylic oxidation sites excluding steroid dienone is 3. The number of hydrogen-bond donors (Lipinski definition) is 1. The number of dihydropyridines is 1. The van der Waals surface area contributed by atoms with Crippen LogP contribution in [0.5, 0.6) is 5.75 Å². The number of rotatable bonds is 6. The summed E-state index contributed by atoms with van der Waals surface area (Å²) in [5.74, 6) is -1.34. The number of nitro groups is 1. The van der Waals surface area contributed by atoms with E-state index in [9.17, 15) is 19.7 Å². The van der Waals surface area contributed by atoms with Crippen molar-refractivity contribution < 1.29 is 24.0 Å². The molecule has 0 saturated carbocycles. The molecule has 0 fully saturated rings. The van der Waals surface area contributed by atoms with Gasteiger partial charge in [0, 0.05) is 35.4 Å². The van der Waals surface area contributed by atoms with E-state index in [-0.39, 0.29) is 34.8 Å². The molecule has 1 aliphatic carbocycles. The molecule has 188 valence electrons. The van der Waals surface area contributed by atoms with Gasteiger partial charge in [0.1, 0.15) is 6.61 Å². The first kappa shape index (κ1) is 25.2. The smallest absolute Gasteiger partial charge is 0.336 e. The number of ketones is 1. The van der Waals surface area contributed by atoms with Gasteiger partial charge in [-0.25, -0.2) is 4.79 Å². The summed E-state index contributed by atoms with van der Waals surface area (Å²) in [6.45, 7) is 7.94. The van der Waals surface area contributed by atoms with Crippen LogP contribution in [-0.4, -0.2) is 23.8 Å². The fraction of sp³-hybridized carbons (Fsp3) is 0.357. The molecule has 2 aliphatic rings. The third-order valence-corrected chi connectivity index (χ3v) is 6.67. The first-order chi connectivity index (χ1) is 17.0. The first-order valence-corrected chi connectivity index (χ1v) is 11.8. The van der Waals surface area contributed by atoms with Crippen molar-refractivity contribution in [3.8, 4) is 5.75 Å². The van der Waals surface area contributed by atoms with Gasteiger partial charge in [-0.1, -0.05) is 49.7 Å². The van der Waals surface area contributed by atoms with E-state index >= 15 is 0 Å². The van der Waals surface area contributed by atoms with E-state index in [1.54, 1.807) is 13.0 Å². The summed E-state index contributed by atoms with van der Waals surface area (Å²) in [6.07, 6.45) is 0.938. The highest BCUT2D eigenvalue weighted by atomic mass is 16.6. The van der Waals surface area contributed by atoms with Crippen LogP contribution in [-0.2, 0) is 20.9 Å². The van der Waals surface area contributed by atoms with E-state index in [0.717, 1.165) is 16.8 Å². The third-order valence-electron chi connectivity index (χ3n) is 6.67. The van der Waals surface area contributed by atoms with Crippen LogP contribution in [0.1, 0.15) is 56.2 Å². The molecule has 1 atom stereocenters. The normalized spacial score (nSPS) is 18.9. The largest absolute Gasteiger partial charge is 0.482 e. The number of carbonyl (C=O) groups excluding carboxylic acids is 2. The van der Waals surface area contributed by atoms with Crippen LogP contribution in [0.2, 0.25) is 0 Å². The molecule has 0 spiro atoms. The molecule has 1 N–H and O–H groups in total. The van der Waals surface area contributed by atoms with Gasteiger partial charge in [-0.3, -0.25) is 14.9 Å². The number of hydrogen-bond acceptors (Lipinski definition) is 7. The molecule has 2 aromatic carbocycles. The molecule has 2 aromatic rings. The van der Waals surface area contributed by atoms with Gasteiger partial charge in [0.25, 0.3) is 0 Å². The molecule has 36 heavy (non-hydrogen) atoms. The molecule has 0 aromatic heterocycles. The number of ether oxygens (including phenoxy) is 2. The van der Waals surface area contributed by atoms with Crippen LogP contribution >= 0.6 is 0 Å². The highest BCUT2D eigenvalue weighted by Crippen LogP contribution is 2.47. The van der Waals surface area contributed by atoms with Gasteiger partial charge in [0.05, 0.1) is 17.6 Å². The monoisotopic (exact) mass is 490 g/mol. The number of methoxy groups -OCH3 is 1. The van der Waals surface area contributed by atoms with Crippen molar-refractivity contribution in [1.82, 2.24) is 5.32 Å². The topological polar surface area (TPSA) is 108 Å². The van der Waals surface area contributed by atoms with Gasteiger partial charge >= 0.3 is 11.7 Å². The van der Waals surface area contributed by atoms with Crippen molar-refractivity contribution in [2.24, 2.45) is 5.41 Å². The van der Waals surface area contributed by atoms with Crippen LogP contribution in [0.25, 0.3) is 0 Å². The van der Waals surface area contributed by atoms with Crippen molar-refractivity contribution in [3.05, 3.63) is 91.8 Å². The zero-order chi connectivity index (χ0) is 26.2. The summed E-state index contributed by atoms with van der Waals surface area (Å²) in [7, 11) is 1.28. The molecule has 8 heteroatoms. The number of Topliss-reactive ketones (excluding diaryl/α,β-unsaturated/α-hetero) is 1. The van der Waals surface area contributed by atoms with Gasteiger partial charge in [-0.15, -0.1) is 0 Å². The lowest BCUT2D eigenvalue weighted by atomic mass is 9.68. The average Bonchev–Trinajstić information content (AvgIpc) is 2.81. The number of benzene rings is 2. The van der Waals surface area contributed by atoms with Crippen molar-refractivity contribution in [1.29, 1.82) is 0 Å². The molecule has 1 aliphatic heterocycles. The zero-order valence-corrected chi connectivity index (χ0v) is 21.1. The van der Waals surface area contributed by atoms with Crippen molar-refractivity contribution in [2.45, 2.75) is 53.1 Å². The van der Waals surface area contributed by atoms with Crippen molar-refractivity contribution in [3.63, 3.8) is 0 Å². The van der Waals surface area contributed by atoms with E-state index in [2.05, 4.69) is 5.32 Å². The Labute approximate surface area is 210 Å². The molecule has 1 heterocycles. The Morgan fingerprint density at radius 3 is 2.47 bits per heavy atom. The van der Waals surface area contributed by atoms with Crippen LogP contribution < -0.4 is 10.1 Å². The van der Waals surface area contributed by atoms with Crippen LogP contribution in [0.15, 0.2) is 65.0 Å². The van der Waals surface area contributed by atoms with Crippen molar-refractivity contribution in [2.75, 3.05) is 7.11 Å². The Morgan fingerprint density at radius 1 is 1.14 bits per heavy atom. The highest BCUT2D eigenvalue weighted by molar-refractivity contribution is 6.04. The number of esters is 1. The maximum absolute atomic E-state index is 13.3. The van der Waals surface area contributed by atoms with E-state index < -0.39 is 16.8 Å². The lowest BCUT2D eigenvalue weighted by molar-refractivity contribution is -0.386. The summed E-state index contributed by atoms with van der Waals surface area (Å²) in [4.78, 5) is 37.7. The summed E-state index contributed by atoms with van der Waals surface area (Å²) in [6, 6.07) is 12.3. The van der Waals surface area contributed by atoms with Gasteiger partial charge in [-0.05, 0) is 42.9 Å². The molecular formula is C28H30N2O6. The Morgan fingerprint density at radius 2 is 1.83 bits per heavy atom. The minimum absolute atomic E-state index is 0.0880. The molecule has 8 nitrogen and oxygen atoms in total. The number of nitrogens with zero attached hydrogens (tertiary/aromatic N) is 1. The Kier molecular flexibility index (Phi) is 6.71. The van der Waals surface area contributed by atoms with E-state index in [1.807, 2.05) is 45.0 Å². The number of nitro benzene ring substituents is 1. The average molecular weight is 491 g/mol. The fourth-order valence-corrected chi connectivity index (χ4v) is 4.97. The fourth-order valence-electron chi connectivity index (χ4n) is 4.97. The highest BCUT2D eigenvalue weighted by Gasteiger charge is 2.43. The van der Waals surface area contributed by atoms with Gasteiger partial charge < -0.3 is 14.8 Å². The van der Waals surface area contributed by atoms with Crippen LogP contribution in [0.4, 0.5) is 5.69 Å². The van der Waals surface area contributed by atoms with E-state index in [0.29, 0.717) is 29.7 Å². The first-order valence-electron chi connectivity index (χ1n) is 11.8. The van der Waals surface area contributed by atoms with Crippen molar-refractivity contribution >= 4 is 17.4 Å². The molecule has 0 amide bonds. The lowest BCUT2D eigenvalue weighted by Crippen LogP contribution is -2.38. The maximum atomic E-state index is 13.3. The second kappa shape index (κ2) is 9.60. The van der Waals surface area contributed by atoms with Crippen LogP contribution in [0, 0.1) is 22.5 Å². The Balaban J connectivity index is 1.77. The lowest BCUT2D eigenvalue weighted by Gasteiger charge is -2.39. The number of carbonyl (C=O) groups is 2. The SMILES string of the molecule is COC(=O)C1=C(C)NC2=C(C(=O)CC(C)(C)C2)[C@@H]1c1ccc(OCc2ccc(C)cc2)c([N+](=O)[O-])c1. The summed E-state index contributed by atoms with van der Waals surface area (Å²) < 4.78 is 10.8. The van der Waals surface area contributed by atoms with E-state index in [4.69, 9.17) is 9.47 Å². The second-order valence-electron chi connectivity index (χ2n) is 10.2. The molecule has 0 radical (unpaired) electrons. The molecular weight excluding hydrogens is 460 g/mol. The molecule has 4 rings (SSSR count). The predicted octanol–water partition coefficient (Wildman–Crippen LogP) is 5.26. The minimum atomic E-state index is -0.776. The Bertz CT molecular complexity index is 1300. The Hall–Kier alpha value is -3.94. The minimum Gasteiger partial charge on any atom is -0.482 e. The zero-order valence-electron chi connectivity index (χ0n) is 21.1. The maximum Gasteiger partial charge on any atom is 0.336 e. The van der Waals surface area contributed by atoms with Gasteiger partial charge in [-0.2, -0.15) is 0 Å². The quantitative estimate of drug-likeness (QED) is 0.334. The third kappa shape index (κ3) is 4.89. The molecule has 0 bridgehead atoms. The van der Waals surface area contributed by atoms with Gasteiger partial charge in [0.15, 0.2) is 11.5 Å². The summed E-state index contributed by atoms with van der Waals surface area (Å²) >= 11 is 0. The van der Waals surface area contributed by atoms with E-state index in [1.165, 1.54) is 19.2 Å². The number of nitrogens with one attached hydrogen (secondary N) is 1. The summed E-state index contributed by atoms with van der Waals surface area (Å²) in [5.41, 5.74) is 4.03. The standard InChI is InChI=1S/C28H30N2O6/c1-16-6-8-18(9-7-16)15-36-23-11-10-19(12-21(23)30(33)34)25-24(27(32)35-5)17(2)29-20-13-28(3,4)14-22(31)26(20)25/h6-12,25,29H,13-15H2,1-5H3/t25-/m1/s1. The van der Waals surface area contributed by atoms with Gasteiger partial charge in [0.2, 0.25) is 0 Å². The molecule has 0 unspecified atom stereocenters. The van der Waals surface area contributed by atoms with Crippen LogP contribution in [0.3, 0.4) is 0 Å². The second-order valence-corrected chi connectivity index (χ2v) is 10.2. The predicted molar refractivity (Wildman–Crippen MR) is 134 cm³/mol. The summed E-state index contributed by atoms with van der Waals surface area (Å²) in [5, 5.41) is 15.3. The number of aryl methyl sites for hydroxylation is 1. The molecule has 0 saturated heterocycles.